The predicted molar refractivity (Wildman–Crippen MR) is 42.5 cm³/mol. The number of allylic oxidation sites excluding steroid dienone is 1. The SMILES string of the molecule is O=C(/C=C/O)c1ccccc1.[Cu+2]. The number of rotatable bonds is 2. The Kier molecular flexibility index (Phi) is 5.09. The fraction of sp³-hybridized carbons (Fsp3) is 0. The van der Waals surface area contributed by atoms with Crippen LogP contribution in [0.2, 0.25) is 0 Å². The molecule has 0 saturated carbocycles. The number of carbonyl (C=O) groups excluding carboxylic acids is 1. The molecule has 0 fully saturated rings. The summed E-state index contributed by atoms with van der Waals surface area (Å²) < 4.78 is 0. The van der Waals surface area contributed by atoms with E-state index in [1.165, 1.54) is 0 Å². The zero-order chi connectivity index (χ0) is 8.10. The largest absolute Gasteiger partial charge is 2.00 e. The van der Waals surface area contributed by atoms with Gasteiger partial charge in [0.25, 0.3) is 0 Å². The molecule has 1 N–H and O–H groups in total. The molecule has 0 aromatic heterocycles. The van der Waals surface area contributed by atoms with E-state index in [4.69, 9.17) is 5.11 Å². The first-order valence-electron chi connectivity index (χ1n) is 3.25. The van der Waals surface area contributed by atoms with Gasteiger partial charge in [-0.1, -0.05) is 30.3 Å². The van der Waals surface area contributed by atoms with E-state index in [0.717, 1.165) is 12.3 Å². The van der Waals surface area contributed by atoms with E-state index in [0.29, 0.717) is 5.56 Å². The number of hydrogen-bond donors (Lipinski definition) is 1. The fourth-order valence-corrected chi connectivity index (χ4v) is 0.766. The Morgan fingerprint density at radius 3 is 2.33 bits per heavy atom. The van der Waals surface area contributed by atoms with Crippen LogP contribution in [0.3, 0.4) is 0 Å². The Labute approximate surface area is 81.4 Å². The molecule has 65 valence electrons. The average Bonchev–Trinajstić information content (AvgIpc) is 2.07. The van der Waals surface area contributed by atoms with Crippen LogP contribution in [-0.4, -0.2) is 10.9 Å². The first kappa shape index (κ1) is 10.9. The van der Waals surface area contributed by atoms with Gasteiger partial charge in [0.05, 0.1) is 6.26 Å². The van der Waals surface area contributed by atoms with Crippen molar-refractivity contribution in [3.05, 3.63) is 48.2 Å². The number of ketones is 1. The quantitative estimate of drug-likeness (QED) is 0.351. The van der Waals surface area contributed by atoms with Gasteiger partial charge in [-0.15, -0.1) is 0 Å². The minimum atomic E-state index is -0.187. The second kappa shape index (κ2) is 5.58. The number of carbonyl (C=O) groups is 1. The van der Waals surface area contributed by atoms with Crippen LogP contribution in [0.15, 0.2) is 42.7 Å². The van der Waals surface area contributed by atoms with Gasteiger partial charge in [0.2, 0.25) is 0 Å². The molecule has 0 unspecified atom stereocenters. The third-order valence-electron chi connectivity index (χ3n) is 1.28. The minimum absolute atomic E-state index is 0. The molecule has 0 saturated heterocycles. The summed E-state index contributed by atoms with van der Waals surface area (Å²) in [5.74, 6) is -0.187. The van der Waals surface area contributed by atoms with Crippen LogP contribution in [0.25, 0.3) is 0 Å². The maximum Gasteiger partial charge on any atom is 2.00 e. The number of aliphatic hydroxyl groups is 1. The molecule has 0 amide bonds. The standard InChI is InChI=1S/C9H8O2.Cu/c10-7-6-9(11)8-4-2-1-3-5-8;/h1-7,10H;/q;+2/b7-6+;. The van der Waals surface area contributed by atoms with Crippen molar-refractivity contribution in [3.63, 3.8) is 0 Å². The summed E-state index contributed by atoms with van der Waals surface area (Å²) >= 11 is 0. The van der Waals surface area contributed by atoms with E-state index in [1.807, 2.05) is 6.07 Å². The van der Waals surface area contributed by atoms with Crippen LogP contribution in [-0.2, 0) is 17.1 Å². The molecule has 0 heterocycles. The van der Waals surface area contributed by atoms with Crippen molar-refractivity contribution in [2.45, 2.75) is 0 Å². The zero-order valence-electron chi connectivity index (χ0n) is 6.20. The van der Waals surface area contributed by atoms with Gasteiger partial charge in [-0.05, 0) is 0 Å². The molecule has 1 aromatic carbocycles. The van der Waals surface area contributed by atoms with Crippen LogP contribution in [0.1, 0.15) is 10.4 Å². The monoisotopic (exact) mass is 211 g/mol. The van der Waals surface area contributed by atoms with Crippen LogP contribution >= 0.6 is 0 Å². The molecular formula is C9H8CuO2+2. The first-order valence-corrected chi connectivity index (χ1v) is 3.25. The molecule has 0 aliphatic heterocycles. The Morgan fingerprint density at radius 1 is 1.25 bits per heavy atom. The molecule has 3 heteroatoms. The Morgan fingerprint density at radius 2 is 1.83 bits per heavy atom. The minimum Gasteiger partial charge on any atom is -0.515 e. The molecule has 0 atom stereocenters. The van der Waals surface area contributed by atoms with Gasteiger partial charge in [0, 0.05) is 11.6 Å². The van der Waals surface area contributed by atoms with E-state index in [1.54, 1.807) is 24.3 Å². The molecule has 0 spiro atoms. The molecule has 1 radical (unpaired) electrons. The van der Waals surface area contributed by atoms with E-state index in [-0.39, 0.29) is 22.9 Å². The van der Waals surface area contributed by atoms with Gasteiger partial charge in [-0.2, -0.15) is 0 Å². The first-order chi connectivity index (χ1) is 5.34. The summed E-state index contributed by atoms with van der Waals surface area (Å²) in [5, 5.41) is 8.30. The van der Waals surface area contributed by atoms with Gasteiger partial charge >= 0.3 is 17.1 Å². The summed E-state index contributed by atoms with van der Waals surface area (Å²) in [6.07, 6.45) is 1.87. The van der Waals surface area contributed by atoms with Gasteiger partial charge in [-0.3, -0.25) is 4.79 Å². The van der Waals surface area contributed by atoms with Crippen molar-refractivity contribution in [2.75, 3.05) is 0 Å². The van der Waals surface area contributed by atoms with E-state index in [9.17, 15) is 4.79 Å². The van der Waals surface area contributed by atoms with Crippen molar-refractivity contribution in [1.82, 2.24) is 0 Å². The Bertz CT molecular complexity index is 267. The van der Waals surface area contributed by atoms with Crippen molar-refractivity contribution in [2.24, 2.45) is 0 Å². The van der Waals surface area contributed by atoms with Crippen LogP contribution in [0.5, 0.6) is 0 Å². The average molecular weight is 212 g/mol. The third-order valence-corrected chi connectivity index (χ3v) is 1.28. The predicted octanol–water partition coefficient (Wildman–Crippen LogP) is 1.94. The second-order valence-electron chi connectivity index (χ2n) is 2.05. The van der Waals surface area contributed by atoms with Crippen LogP contribution in [0, 0.1) is 0 Å². The molecular weight excluding hydrogens is 204 g/mol. The van der Waals surface area contributed by atoms with E-state index < -0.39 is 0 Å². The topological polar surface area (TPSA) is 37.3 Å². The van der Waals surface area contributed by atoms with Crippen molar-refractivity contribution in [3.8, 4) is 0 Å². The molecule has 12 heavy (non-hydrogen) atoms. The summed E-state index contributed by atoms with van der Waals surface area (Å²) in [5.41, 5.74) is 0.581. The maximum absolute atomic E-state index is 11.0. The molecule has 0 bridgehead atoms. The van der Waals surface area contributed by atoms with Gasteiger partial charge in [-0.25, -0.2) is 0 Å². The van der Waals surface area contributed by atoms with Crippen molar-refractivity contribution < 1.29 is 27.0 Å². The molecule has 2 nitrogen and oxygen atoms in total. The molecule has 1 aromatic rings. The molecule has 0 aliphatic rings. The maximum atomic E-state index is 11.0. The summed E-state index contributed by atoms with van der Waals surface area (Å²) in [6, 6.07) is 8.78. The summed E-state index contributed by atoms with van der Waals surface area (Å²) in [6.45, 7) is 0. The molecule has 1 rings (SSSR count). The van der Waals surface area contributed by atoms with Crippen molar-refractivity contribution >= 4 is 5.78 Å². The zero-order valence-corrected chi connectivity index (χ0v) is 7.14. The van der Waals surface area contributed by atoms with E-state index in [2.05, 4.69) is 0 Å². The smallest absolute Gasteiger partial charge is 0.515 e. The Balaban J connectivity index is 0.00000121. The molecule has 0 aliphatic carbocycles. The van der Waals surface area contributed by atoms with Gasteiger partial charge in [0.1, 0.15) is 0 Å². The number of hydrogen-bond acceptors (Lipinski definition) is 2. The van der Waals surface area contributed by atoms with E-state index >= 15 is 0 Å². The summed E-state index contributed by atoms with van der Waals surface area (Å²) in [7, 11) is 0. The van der Waals surface area contributed by atoms with Gasteiger partial charge in [0.15, 0.2) is 5.78 Å². The normalized spacial score (nSPS) is 9.33. The van der Waals surface area contributed by atoms with Crippen LogP contribution < -0.4 is 0 Å². The second-order valence-corrected chi connectivity index (χ2v) is 2.05. The van der Waals surface area contributed by atoms with Crippen molar-refractivity contribution in [1.29, 1.82) is 0 Å². The Hall–Kier alpha value is -1.05. The third kappa shape index (κ3) is 2.91. The van der Waals surface area contributed by atoms with Gasteiger partial charge < -0.3 is 5.11 Å². The number of aliphatic hydroxyl groups excluding tert-OH is 1. The fourth-order valence-electron chi connectivity index (χ4n) is 0.766. The number of benzene rings is 1. The van der Waals surface area contributed by atoms with Crippen LogP contribution in [0.4, 0.5) is 0 Å². The summed E-state index contributed by atoms with van der Waals surface area (Å²) in [4.78, 5) is 11.0.